The van der Waals surface area contributed by atoms with E-state index in [9.17, 15) is 9.59 Å². The molecule has 0 saturated carbocycles. The molecule has 0 bridgehead atoms. The lowest BCUT2D eigenvalue weighted by molar-refractivity contribution is -0.122. The number of ether oxygens (including phenoxy) is 1. The molecule has 1 aromatic carbocycles. The Kier molecular flexibility index (Phi) is 5.90. The van der Waals surface area contributed by atoms with Crippen LogP contribution in [0.5, 0.6) is 0 Å². The summed E-state index contributed by atoms with van der Waals surface area (Å²) in [4.78, 5) is 24.3. The van der Waals surface area contributed by atoms with Crippen LogP contribution in [0.25, 0.3) is 0 Å². The van der Waals surface area contributed by atoms with Gasteiger partial charge in [-0.15, -0.1) is 11.3 Å². The van der Waals surface area contributed by atoms with Crippen LogP contribution in [0, 0.1) is 6.92 Å². The maximum absolute atomic E-state index is 12.0. The van der Waals surface area contributed by atoms with Gasteiger partial charge in [0, 0.05) is 4.88 Å². The zero-order valence-corrected chi connectivity index (χ0v) is 14.1. The lowest BCUT2D eigenvalue weighted by Crippen LogP contribution is -2.45. The number of hydrogen-bond acceptors (Lipinski definition) is 5. The van der Waals surface area contributed by atoms with Crippen LogP contribution in [0.1, 0.15) is 29.0 Å². The zero-order valence-electron chi connectivity index (χ0n) is 13.3. The van der Waals surface area contributed by atoms with E-state index in [0.717, 1.165) is 10.4 Å². The number of carbonyl (C=O) groups excluding carboxylic acids is 2. The van der Waals surface area contributed by atoms with Gasteiger partial charge in [-0.2, -0.15) is 0 Å². The Bertz CT molecular complexity index is 653. The molecule has 0 spiro atoms. The van der Waals surface area contributed by atoms with Crippen molar-refractivity contribution in [3.05, 3.63) is 57.8 Å². The standard InChI is InChI=1S/C17H20N2O3S/c1-11-6-8-13(9-7-11)15(14-5-4-10-23-14)18-12(2)16(20)19-17(21)22-3/h4-10,12,15,18H,1-3H3,(H,19,20,21)/t12-,15+/m1/s1. The van der Waals surface area contributed by atoms with Crippen molar-refractivity contribution in [3.8, 4) is 0 Å². The molecule has 2 amide bonds. The Labute approximate surface area is 139 Å². The lowest BCUT2D eigenvalue weighted by atomic mass is 10.0. The average molecular weight is 332 g/mol. The van der Waals surface area contributed by atoms with E-state index in [1.807, 2.05) is 48.7 Å². The number of carbonyl (C=O) groups is 2. The third kappa shape index (κ3) is 4.64. The Balaban J connectivity index is 2.17. The van der Waals surface area contributed by atoms with E-state index in [1.165, 1.54) is 12.7 Å². The highest BCUT2D eigenvalue weighted by atomic mass is 32.1. The molecule has 2 aromatic rings. The third-order valence-electron chi connectivity index (χ3n) is 3.46. The van der Waals surface area contributed by atoms with Gasteiger partial charge < -0.3 is 4.74 Å². The second kappa shape index (κ2) is 7.89. The van der Waals surface area contributed by atoms with Crippen LogP contribution in [-0.4, -0.2) is 25.2 Å². The number of rotatable bonds is 5. The highest BCUT2D eigenvalue weighted by Crippen LogP contribution is 2.26. The molecule has 5 nitrogen and oxygen atoms in total. The van der Waals surface area contributed by atoms with Crippen molar-refractivity contribution in [2.45, 2.75) is 25.9 Å². The zero-order chi connectivity index (χ0) is 16.8. The van der Waals surface area contributed by atoms with E-state index in [1.54, 1.807) is 18.3 Å². The van der Waals surface area contributed by atoms with E-state index in [0.29, 0.717) is 0 Å². The fourth-order valence-corrected chi connectivity index (χ4v) is 2.95. The fourth-order valence-electron chi connectivity index (χ4n) is 2.14. The van der Waals surface area contributed by atoms with Crippen molar-refractivity contribution >= 4 is 23.3 Å². The van der Waals surface area contributed by atoms with Gasteiger partial charge in [-0.3, -0.25) is 15.4 Å². The first-order chi connectivity index (χ1) is 11.0. The molecule has 2 atom stereocenters. The van der Waals surface area contributed by atoms with Gasteiger partial charge in [0.15, 0.2) is 0 Å². The second-order valence-electron chi connectivity index (χ2n) is 5.23. The molecule has 122 valence electrons. The topological polar surface area (TPSA) is 67.4 Å². The molecule has 0 saturated heterocycles. The number of nitrogens with one attached hydrogen (secondary N) is 2. The van der Waals surface area contributed by atoms with Crippen molar-refractivity contribution in [1.82, 2.24) is 10.6 Å². The molecular weight excluding hydrogens is 312 g/mol. The molecule has 0 aliphatic heterocycles. The van der Waals surface area contributed by atoms with E-state index >= 15 is 0 Å². The van der Waals surface area contributed by atoms with Gasteiger partial charge in [0.1, 0.15) is 0 Å². The minimum absolute atomic E-state index is 0.117. The van der Waals surface area contributed by atoms with Crippen molar-refractivity contribution < 1.29 is 14.3 Å². The summed E-state index contributed by atoms with van der Waals surface area (Å²) >= 11 is 1.62. The molecule has 0 radical (unpaired) electrons. The van der Waals surface area contributed by atoms with Gasteiger partial charge in [-0.1, -0.05) is 35.9 Å². The van der Waals surface area contributed by atoms with Crippen molar-refractivity contribution in [2.75, 3.05) is 7.11 Å². The smallest absolute Gasteiger partial charge is 0.413 e. The number of alkyl carbamates (subject to hydrolysis) is 1. The quantitative estimate of drug-likeness (QED) is 0.883. The first-order valence-corrected chi connectivity index (χ1v) is 8.14. The number of methoxy groups -OCH3 is 1. The van der Waals surface area contributed by atoms with E-state index < -0.39 is 18.0 Å². The van der Waals surface area contributed by atoms with Gasteiger partial charge in [0.2, 0.25) is 5.91 Å². The molecule has 1 heterocycles. The highest BCUT2D eigenvalue weighted by Gasteiger charge is 2.22. The molecule has 0 aliphatic carbocycles. The molecule has 2 rings (SSSR count). The van der Waals surface area contributed by atoms with Crippen LogP contribution >= 0.6 is 11.3 Å². The number of benzene rings is 1. The van der Waals surface area contributed by atoms with E-state index in [2.05, 4.69) is 15.4 Å². The Hall–Kier alpha value is -2.18. The first-order valence-electron chi connectivity index (χ1n) is 7.26. The van der Waals surface area contributed by atoms with Gasteiger partial charge in [-0.05, 0) is 30.9 Å². The van der Waals surface area contributed by atoms with Crippen LogP contribution in [-0.2, 0) is 9.53 Å². The number of imide groups is 1. The van der Waals surface area contributed by atoms with Crippen LogP contribution in [0.15, 0.2) is 41.8 Å². The maximum atomic E-state index is 12.0. The predicted molar refractivity (Wildman–Crippen MR) is 90.5 cm³/mol. The fraction of sp³-hybridized carbons (Fsp3) is 0.294. The highest BCUT2D eigenvalue weighted by molar-refractivity contribution is 7.10. The molecule has 23 heavy (non-hydrogen) atoms. The van der Waals surface area contributed by atoms with Crippen LogP contribution < -0.4 is 10.6 Å². The summed E-state index contributed by atoms with van der Waals surface area (Å²) in [6.07, 6.45) is -0.758. The normalized spacial score (nSPS) is 13.2. The summed E-state index contributed by atoms with van der Waals surface area (Å²) in [6, 6.07) is 11.5. The van der Waals surface area contributed by atoms with Crippen LogP contribution in [0.3, 0.4) is 0 Å². The van der Waals surface area contributed by atoms with Crippen molar-refractivity contribution in [2.24, 2.45) is 0 Å². The summed E-state index contributed by atoms with van der Waals surface area (Å²) in [7, 11) is 1.22. The molecule has 1 aromatic heterocycles. The summed E-state index contributed by atoms with van der Waals surface area (Å²) in [6.45, 7) is 3.75. The summed E-state index contributed by atoms with van der Waals surface area (Å²) < 4.78 is 4.45. The van der Waals surface area contributed by atoms with Gasteiger partial charge in [0.05, 0.1) is 19.2 Å². The van der Waals surface area contributed by atoms with Gasteiger partial charge in [-0.25, -0.2) is 4.79 Å². The monoisotopic (exact) mass is 332 g/mol. The minimum Gasteiger partial charge on any atom is -0.453 e. The van der Waals surface area contributed by atoms with Gasteiger partial charge >= 0.3 is 6.09 Å². The summed E-state index contributed by atoms with van der Waals surface area (Å²) in [5.74, 6) is -0.425. The van der Waals surface area contributed by atoms with Crippen LogP contribution in [0.4, 0.5) is 4.79 Å². The number of amides is 2. The Morgan fingerprint density at radius 2 is 1.87 bits per heavy atom. The van der Waals surface area contributed by atoms with Crippen LogP contribution in [0.2, 0.25) is 0 Å². The molecule has 0 fully saturated rings. The summed E-state index contributed by atoms with van der Waals surface area (Å²) in [5, 5.41) is 7.45. The molecule has 0 aliphatic rings. The first kappa shape index (κ1) is 17.2. The molecule has 6 heteroatoms. The average Bonchev–Trinajstić information content (AvgIpc) is 3.07. The van der Waals surface area contributed by atoms with E-state index in [-0.39, 0.29) is 6.04 Å². The largest absolute Gasteiger partial charge is 0.453 e. The second-order valence-corrected chi connectivity index (χ2v) is 6.21. The minimum atomic E-state index is -0.758. The Morgan fingerprint density at radius 1 is 1.17 bits per heavy atom. The number of thiophene rings is 1. The van der Waals surface area contributed by atoms with E-state index in [4.69, 9.17) is 0 Å². The van der Waals surface area contributed by atoms with Crippen molar-refractivity contribution in [1.29, 1.82) is 0 Å². The molecule has 2 N–H and O–H groups in total. The molecule has 0 unspecified atom stereocenters. The third-order valence-corrected chi connectivity index (χ3v) is 4.40. The van der Waals surface area contributed by atoms with Crippen molar-refractivity contribution in [3.63, 3.8) is 0 Å². The molecular formula is C17H20N2O3S. The van der Waals surface area contributed by atoms with Gasteiger partial charge in [0.25, 0.3) is 0 Å². The summed E-state index contributed by atoms with van der Waals surface area (Å²) in [5.41, 5.74) is 2.24. The predicted octanol–water partition coefficient (Wildman–Crippen LogP) is 3.01. The maximum Gasteiger partial charge on any atom is 0.413 e. The SMILES string of the molecule is COC(=O)NC(=O)[C@@H](C)N[C@@H](c1ccc(C)cc1)c1cccs1. The number of hydrogen-bond donors (Lipinski definition) is 2. The Morgan fingerprint density at radius 3 is 2.43 bits per heavy atom. The number of aryl methyl sites for hydroxylation is 1. The lowest BCUT2D eigenvalue weighted by Gasteiger charge is -2.22.